The lowest BCUT2D eigenvalue weighted by atomic mass is 10.0. The highest BCUT2D eigenvalue weighted by atomic mass is 32.2. The van der Waals surface area contributed by atoms with E-state index in [0.29, 0.717) is 22.9 Å². The molecule has 1 unspecified atom stereocenters. The first-order valence-electron chi connectivity index (χ1n) is 7.61. The molecule has 1 N–H and O–H groups in total. The molecule has 0 saturated carbocycles. The Balaban J connectivity index is 1.93. The maximum atomic E-state index is 12.9. The third-order valence-corrected chi connectivity index (χ3v) is 7.24. The van der Waals surface area contributed by atoms with Crippen LogP contribution in [0.3, 0.4) is 0 Å². The van der Waals surface area contributed by atoms with Gasteiger partial charge < -0.3 is 5.32 Å². The largest absolute Gasteiger partial charge is 0.324 e. The number of fused-ring (bicyclic) bond motifs is 1. The van der Waals surface area contributed by atoms with E-state index in [1.54, 1.807) is 22.5 Å². The Kier molecular flexibility index (Phi) is 4.47. The zero-order chi connectivity index (χ0) is 15.7. The predicted molar refractivity (Wildman–Crippen MR) is 87.6 cm³/mol. The molecule has 0 aliphatic carbocycles. The second-order valence-corrected chi connectivity index (χ2v) is 8.58. The normalized spacial score (nSPS) is 23.0. The van der Waals surface area contributed by atoms with E-state index in [2.05, 4.69) is 5.32 Å². The van der Waals surface area contributed by atoms with Crippen LogP contribution >= 0.6 is 11.8 Å². The lowest BCUT2D eigenvalue weighted by Gasteiger charge is -2.34. The summed E-state index contributed by atoms with van der Waals surface area (Å²) < 4.78 is 27.5. The lowest BCUT2D eigenvalue weighted by molar-refractivity contribution is -0.113. The summed E-state index contributed by atoms with van der Waals surface area (Å²) in [5, 5.41) is 2.77. The smallest absolute Gasteiger partial charge is 0.243 e. The van der Waals surface area contributed by atoms with Crippen LogP contribution in [0.4, 0.5) is 5.69 Å². The van der Waals surface area contributed by atoms with Crippen molar-refractivity contribution in [2.75, 3.05) is 17.6 Å². The fraction of sp³-hybridized carbons (Fsp3) is 0.533. The first-order valence-corrected chi connectivity index (χ1v) is 10.0. The maximum Gasteiger partial charge on any atom is 0.243 e. The number of carbonyl (C=O) groups excluding carboxylic acids is 1. The van der Waals surface area contributed by atoms with E-state index < -0.39 is 10.0 Å². The van der Waals surface area contributed by atoms with Gasteiger partial charge in [-0.05, 0) is 37.5 Å². The Bertz CT molecular complexity index is 688. The van der Waals surface area contributed by atoms with Crippen molar-refractivity contribution in [2.45, 2.75) is 48.4 Å². The van der Waals surface area contributed by atoms with Crippen LogP contribution < -0.4 is 5.32 Å². The number of sulfonamides is 1. The average Bonchev–Trinajstić information content (AvgIpc) is 2.54. The SMILES string of the molecule is CCC1CCCCN1S(=O)(=O)c1ccc2c(c1)SCC(=O)N2. The summed E-state index contributed by atoms with van der Waals surface area (Å²) >= 11 is 1.39. The molecule has 22 heavy (non-hydrogen) atoms. The topological polar surface area (TPSA) is 66.5 Å². The number of benzene rings is 1. The van der Waals surface area contributed by atoms with E-state index >= 15 is 0 Å². The van der Waals surface area contributed by atoms with Crippen molar-refractivity contribution in [3.63, 3.8) is 0 Å². The minimum Gasteiger partial charge on any atom is -0.324 e. The van der Waals surface area contributed by atoms with Gasteiger partial charge in [0.2, 0.25) is 15.9 Å². The quantitative estimate of drug-likeness (QED) is 0.919. The van der Waals surface area contributed by atoms with Gasteiger partial charge in [0.15, 0.2) is 0 Å². The van der Waals surface area contributed by atoms with Crippen LogP contribution in [0.25, 0.3) is 0 Å². The molecule has 5 nitrogen and oxygen atoms in total. The second kappa shape index (κ2) is 6.22. The molecule has 7 heteroatoms. The molecule has 3 rings (SSSR count). The van der Waals surface area contributed by atoms with Gasteiger partial charge in [0, 0.05) is 17.5 Å². The van der Waals surface area contributed by atoms with Crippen LogP contribution in [0.15, 0.2) is 28.0 Å². The number of amides is 1. The molecule has 0 bridgehead atoms. The molecule has 1 fully saturated rings. The average molecular weight is 340 g/mol. The highest BCUT2D eigenvalue weighted by molar-refractivity contribution is 8.00. The van der Waals surface area contributed by atoms with E-state index in [9.17, 15) is 13.2 Å². The summed E-state index contributed by atoms with van der Waals surface area (Å²) in [6, 6.07) is 5.08. The van der Waals surface area contributed by atoms with Gasteiger partial charge in [-0.3, -0.25) is 4.79 Å². The van der Waals surface area contributed by atoms with E-state index in [4.69, 9.17) is 0 Å². The monoisotopic (exact) mass is 340 g/mol. The molecule has 1 aromatic carbocycles. The van der Waals surface area contributed by atoms with Crippen LogP contribution in [0.5, 0.6) is 0 Å². The number of carbonyl (C=O) groups is 1. The minimum absolute atomic E-state index is 0.0461. The van der Waals surface area contributed by atoms with Gasteiger partial charge in [0.25, 0.3) is 0 Å². The van der Waals surface area contributed by atoms with Crippen LogP contribution in [0.2, 0.25) is 0 Å². The van der Waals surface area contributed by atoms with Crippen LogP contribution in [0.1, 0.15) is 32.6 Å². The summed E-state index contributed by atoms with van der Waals surface area (Å²) in [7, 11) is -3.46. The van der Waals surface area contributed by atoms with Gasteiger partial charge >= 0.3 is 0 Å². The summed E-state index contributed by atoms with van der Waals surface area (Å²) in [6.07, 6.45) is 3.79. The van der Waals surface area contributed by atoms with Gasteiger partial charge in [-0.15, -0.1) is 11.8 Å². The summed E-state index contributed by atoms with van der Waals surface area (Å²) in [5.74, 6) is 0.285. The number of hydrogen-bond donors (Lipinski definition) is 1. The van der Waals surface area contributed by atoms with E-state index in [1.807, 2.05) is 6.92 Å². The molecule has 2 aliphatic rings. The molecule has 0 aromatic heterocycles. The van der Waals surface area contributed by atoms with Crippen molar-refractivity contribution in [1.29, 1.82) is 0 Å². The number of thioether (sulfide) groups is 1. The van der Waals surface area contributed by atoms with Crippen molar-refractivity contribution < 1.29 is 13.2 Å². The Morgan fingerprint density at radius 1 is 1.36 bits per heavy atom. The van der Waals surface area contributed by atoms with Crippen LogP contribution in [0, 0.1) is 0 Å². The third-order valence-electron chi connectivity index (χ3n) is 4.24. The fourth-order valence-electron chi connectivity index (χ4n) is 3.05. The molecule has 120 valence electrons. The van der Waals surface area contributed by atoms with Gasteiger partial charge in [0.05, 0.1) is 16.3 Å². The first kappa shape index (κ1) is 15.8. The molecule has 0 spiro atoms. The van der Waals surface area contributed by atoms with Crippen molar-refractivity contribution in [1.82, 2.24) is 4.31 Å². The maximum absolute atomic E-state index is 12.9. The minimum atomic E-state index is -3.46. The molecular weight excluding hydrogens is 320 g/mol. The van der Waals surface area contributed by atoms with Gasteiger partial charge in [-0.25, -0.2) is 8.42 Å². The van der Waals surface area contributed by atoms with Gasteiger partial charge in [-0.2, -0.15) is 4.31 Å². The molecule has 1 atom stereocenters. The molecule has 1 saturated heterocycles. The highest BCUT2D eigenvalue weighted by Gasteiger charge is 2.33. The molecule has 2 aliphatic heterocycles. The molecular formula is C15H20N2O3S2. The van der Waals surface area contributed by atoms with Crippen molar-refractivity contribution in [2.24, 2.45) is 0 Å². The second-order valence-electron chi connectivity index (χ2n) is 5.67. The van der Waals surface area contributed by atoms with Crippen LogP contribution in [-0.4, -0.2) is 37.0 Å². The van der Waals surface area contributed by atoms with Gasteiger partial charge in [0.1, 0.15) is 0 Å². The summed E-state index contributed by atoms with van der Waals surface area (Å²) in [5.41, 5.74) is 0.700. The summed E-state index contributed by atoms with van der Waals surface area (Å²) in [6.45, 7) is 2.64. The molecule has 1 aromatic rings. The standard InChI is InChI=1S/C15H20N2O3S2/c1-2-11-5-3-4-8-17(11)22(19,20)12-6-7-13-14(9-12)21-10-15(18)16-13/h6-7,9,11H,2-5,8,10H2,1H3,(H,16,18). The Hall–Kier alpha value is -1.05. The Morgan fingerprint density at radius 2 is 2.18 bits per heavy atom. The number of piperidine rings is 1. The molecule has 1 amide bonds. The molecule has 2 heterocycles. The zero-order valence-corrected chi connectivity index (χ0v) is 14.2. The van der Waals surface area contributed by atoms with E-state index in [0.717, 1.165) is 30.6 Å². The zero-order valence-electron chi connectivity index (χ0n) is 12.5. The number of hydrogen-bond acceptors (Lipinski definition) is 4. The third kappa shape index (κ3) is 2.89. The van der Waals surface area contributed by atoms with E-state index in [1.165, 1.54) is 11.8 Å². The van der Waals surface area contributed by atoms with Crippen molar-refractivity contribution >= 4 is 33.4 Å². The van der Waals surface area contributed by atoms with Crippen molar-refractivity contribution in [3.05, 3.63) is 18.2 Å². The summed E-state index contributed by atoms with van der Waals surface area (Å²) in [4.78, 5) is 12.5. The number of rotatable bonds is 3. The number of anilines is 1. The number of nitrogens with zero attached hydrogens (tertiary/aromatic N) is 1. The first-order chi connectivity index (χ1) is 10.5. The number of nitrogens with one attached hydrogen (secondary N) is 1. The molecule has 0 radical (unpaired) electrons. The predicted octanol–water partition coefficient (Wildman–Crippen LogP) is 2.68. The van der Waals surface area contributed by atoms with Crippen LogP contribution in [-0.2, 0) is 14.8 Å². The van der Waals surface area contributed by atoms with Crippen molar-refractivity contribution in [3.8, 4) is 0 Å². The van der Waals surface area contributed by atoms with E-state index in [-0.39, 0.29) is 11.9 Å². The fourth-order valence-corrected chi connectivity index (χ4v) is 5.76. The Labute approximate surface area is 135 Å². The highest BCUT2D eigenvalue weighted by Crippen LogP contribution is 2.35. The Morgan fingerprint density at radius 3 is 2.95 bits per heavy atom. The van der Waals surface area contributed by atoms with Gasteiger partial charge in [-0.1, -0.05) is 13.3 Å². The lowest BCUT2D eigenvalue weighted by Crippen LogP contribution is -2.43.